The van der Waals surface area contributed by atoms with E-state index < -0.39 is 0 Å². The van der Waals surface area contributed by atoms with Crippen molar-refractivity contribution in [1.29, 1.82) is 0 Å². The second kappa shape index (κ2) is 7.27. The van der Waals surface area contributed by atoms with Gasteiger partial charge in [0.2, 0.25) is 5.91 Å². The molecule has 24 heavy (non-hydrogen) atoms. The molecular weight excluding hydrogens is 300 g/mol. The number of hydrogen-bond acceptors (Lipinski definition) is 3. The molecule has 1 aromatic heterocycles. The van der Waals surface area contributed by atoms with Crippen LogP contribution in [0.5, 0.6) is 0 Å². The maximum atomic E-state index is 12.3. The summed E-state index contributed by atoms with van der Waals surface area (Å²) in [4.78, 5) is 17.0. The molecule has 0 bridgehead atoms. The average molecular weight is 322 g/mol. The van der Waals surface area contributed by atoms with Crippen LogP contribution in [0, 0.1) is 0 Å². The molecule has 124 valence electrons. The van der Waals surface area contributed by atoms with E-state index in [0.29, 0.717) is 19.4 Å². The summed E-state index contributed by atoms with van der Waals surface area (Å²) in [7, 11) is 1.98. The van der Waals surface area contributed by atoms with E-state index in [2.05, 4.69) is 5.32 Å². The van der Waals surface area contributed by atoms with E-state index >= 15 is 0 Å². The van der Waals surface area contributed by atoms with Crippen molar-refractivity contribution >= 4 is 16.9 Å². The van der Waals surface area contributed by atoms with Crippen LogP contribution in [0.3, 0.4) is 0 Å². The lowest BCUT2D eigenvalue weighted by Crippen LogP contribution is -2.31. The highest BCUT2D eigenvalue weighted by molar-refractivity contribution is 5.78. The first-order valence-electron chi connectivity index (χ1n) is 8.16. The van der Waals surface area contributed by atoms with Gasteiger partial charge in [-0.15, -0.1) is 0 Å². The van der Waals surface area contributed by atoms with Crippen LogP contribution < -0.4 is 11.1 Å². The van der Waals surface area contributed by atoms with Gasteiger partial charge in [0.1, 0.15) is 11.9 Å². The van der Waals surface area contributed by atoms with Crippen LogP contribution in [-0.2, 0) is 11.8 Å². The summed E-state index contributed by atoms with van der Waals surface area (Å²) >= 11 is 0. The number of hydrogen-bond donors (Lipinski definition) is 2. The molecule has 0 aliphatic carbocycles. The van der Waals surface area contributed by atoms with Gasteiger partial charge in [-0.25, -0.2) is 4.98 Å². The fraction of sp³-hybridized carbons (Fsp3) is 0.263. The molecule has 1 amide bonds. The Morgan fingerprint density at radius 2 is 1.88 bits per heavy atom. The number of imidazole rings is 1. The van der Waals surface area contributed by atoms with Crippen molar-refractivity contribution in [3.05, 3.63) is 66.0 Å². The molecule has 1 unspecified atom stereocenters. The summed E-state index contributed by atoms with van der Waals surface area (Å²) in [5.41, 5.74) is 8.49. The van der Waals surface area contributed by atoms with Crippen LogP contribution in [0.25, 0.3) is 11.0 Å². The Morgan fingerprint density at radius 3 is 2.58 bits per heavy atom. The molecule has 5 heteroatoms. The number of para-hydroxylation sites is 2. The number of carbonyl (C=O) groups is 1. The maximum absolute atomic E-state index is 12.3. The second-order valence-electron chi connectivity index (χ2n) is 5.82. The number of nitrogens with zero attached hydrogens (tertiary/aromatic N) is 2. The van der Waals surface area contributed by atoms with Crippen LogP contribution in [0.15, 0.2) is 54.6 Å². The fourth-order valence-corrected chi connectivity index (χ4v) is 2.86. The molecule has 1 heterocycles. The fourth-order valence-electron chi connectivity index (χ4n) is 2.86. The molecule has 0 fully saturated rings. The van der Waals surface area contributed by atoms with Crippen molar-refractivity contribution in [3.63, 3.8) is 0 Å². The quantitative estimate of drug-likeness (QED) is 0.732. The molecule has 2 aromatic carbocycles. The number of aryl methyl sites for hydroxylation is 1. The number of nitrogens with one attached hydrogen (secondary N) is 1. The third-order valence-corrected chi connectivity index (χ3v) is 4.13. The maximum Gasteiger partial charge on any atom is 0.220 e. The molecule has 3 aromatic rings. The predicted molar refractivity (Wildman–Crippen MR) is 95.4 cm³/mol. The van der Waals surface area contributed by atoms with Crippen molar-refractivity contribution in [2.24, 2.45) is 12.8 Å². The largest absolute Gasteiger partial charge is 0.342 e. The molecule has 1 atom stereocenters. The molecule has 3 rings (SSSR count). The van der Waals surface area contributed by atoms with Crippen LogP contribution in [0.1, 0.15) is 30.3 Å². The first-order chi connectivity index (χ1) is 11.7. The van der Waals surface area contributed by atoms with Crippen LogP contribution >= 0.6 is 0 Å². The lowest BCUT2D eigenvalue weighted by atomic mass is 10.1. The highest BCUT2D eigenvalue weighted by Gasteiger charge is 2.22. The normalized spacial score (nSPS) is 12.2. The van der Waals surface area contributed by atoms with E-state index in [4.69, 9.17) is 10.7 Å². The van der Waals surface area contributed by atoms with E-state index in [1.54, 1.807) is 0 Å². The SMILES string of the molecule is Cn1c(C(NC(=O)CCCN)c2ccccc2)nc2ccccc21. The minimum atomic E-state index is -0.283. The van der Waals surface area contributed by atoms with E-state index in [1.807, 2.05) is 66.2 Å². The molecule has 0 spiro atoms. The monoisotopic (exact) mass is 322 g/mol. The Bertz CT molecular complexity index is 826. The second-order valence-corrected chi connectivity index (χ2v) is 5.82. The van der Waals surface area contributed by atoms with Gasteiger partial charge in [0.15, 0.2) is 0 Å². The molecule has 5 nitrogen and oxygen atoms in total. The number of fused-ring (bicyclic) bond motifs is 1. The number of carbonyl (C=O) groups excluding carboxylic acids is 1. The Morgan fingerprint density at radius 1 is 1.17 bits per heavy atom. The van der Waals surface area contributed by atoms with Gasteiger partial charge in [0, 0.05) is 13.5 Å². The van der Waals surface area contributed by atoms with Crippen molar-refractivity contribution in [2.75, 3.05) is 6.54 Å². The third kappa shape index (κ3) is 3.31. The van der Waals surface area contributed by atoms with Crippen LogP contribution in [0.4, 0.5) is 0 Å². The Labute approximate surface area is 141 Å². The Kier molecular flexibility index (Phi) is 4.91. The lowest BCUT2D eigenvalue weighted by Gasteiger charge is -2.19. The van der Waals surface area contributed by atoms with E-state index in [0.717, 1.165) is 22.4 Å². The predicted octanol–water partition coefficient (Wildman–Crippen LogP) is 2.52. The summed E-state index contributed by atoms with van der Waals surface area (Å²) in [6, 6.07) is 17.6. The zero-order valence-electron chi connectivity index (χ0n) is 13.8. The van der Waals surface area contributed by atoms with E-state index in [9.17, 15) is 4.79 Å². The molecule has 0 saturated heterocycles. The summed E-state index contributed by atoms with van der Waals surface area (Å²) in [5, 5.41) is 3.11. The van der Waals surface area contributed by atoms with Crippen molar-refractivity contribution in [2.45, 2.75) is 18.9 Å². The molecule has 0 aliphatic heterocycles. The van der Waals surface area contributed by atoms with Gasteiger partial charge in [-0.05, 0) is 30.7 Å². The summed E-state index contributed by atoms with van der Waals surface area (Å²) in [5.74, 6) is 0.810. The smallest absolute Gasteiger partial charge is 0.220 e. The van der Waals surface area contributed by atoms with Crippen LogP contribution in [0.2, 0.25) is 0 Å². The summed E-state index contributed by atoms with van der Waals surface area (Å²) < 4.78 is 2.04. The highest BCUT2D eigenvalue weighted by Crippen LogP contribution is 2.25. The molecular formula is C19H22N4O. The van der Waals surface area contributed by atoms with Crippen molar-refractivity contribution in [1.82, 2.24) is 14.9 Å². The van der Waals surface area contributed by atoms with Gasteiger partial charge in [-0.3, -0.25) is 4.79 Å². The first kappa shape index (κ1) is 16.2. The van der Waals surface area contributed by atoms with Gasteiger partial charge in [-0.1, -0.05) is 42.5 Å². The van der Waals surface area contributed by atoms with Gasteiger partial charge in [-0.2, -0.15) is 0 Å². The van der Waals surface area contributed by atoms with E-state index in [1.165, 1.54) is 0 Å². The first-order valence-corrected chi connectivity index (χ1v) is 8.16. The number of benzene rings is 2. The molecule has 0 aliphatic rings. The third-order valence-electron chi connectivity index (χ3n) is 4.13. The minimum absolute atomic E-state index is 0.0126. The topological polar surface area (TPSA) is 72.9 Å². The molecule has 3 N–H and O–H groups in total. The summed E-state index contributed by atoms with van der Waals surface area (Å²) in [6.07, 6.45) is 1.10. The van der Waals surface area contributed by atoms with Crippen molar-refractivity contribution in [3.8, 4) is 0 Å². The highest BCUT2D eigenvalue weighted by atomic mass is 16.1. The van der Waals surface area contributed by atoms with Gasteiger partial charge < -0.3 is 15.6 Å². The summed E-state index contributed by atoms with van der Waals surface area (Å²) in [6.45, 7) is 0.510. The lowest BCUT2D eigenvalue weighted by molar-refractivity contribution is -0.121. The Balaban J connectivity index is 2.00. The number of nitrogens with two attached hydrogens (primary N) is 1. The van der Waals surface area contributed by atoms with Gasteiger partial charge in [0.05, 0.1) is 11.0 Å². The van der Waals surface area contributed by atoms with Crippen LogP contribution in [-0.4, -0.2) is 22.0 Å². The Hall–Kier alpha value is -2.66. The zero-order valence-corrected chi connectivity index (χ0v) is 13.8. The number of aromatic nitrogens is 2. The van der Waals surface area contributed by atoms with Crippen molar-refractivity contribution < 1.29 is 4.79 Å². The average Bonchev–Trinajstić information content (AvgIpc) is 2.95. The van der Waals surface area contributed by atoms with Gasteiger partial charge in [0.25, 0.3) is 0 Å². The van der Waals surface area contributed by atoms with E-state index in [-0.39, 0.29) is 11.9 Å². The van der Waals surface area contributed by atoms with Gasteiger partial charge >= 0.3 is 0 Å². The number of rotatable bonds is 6. The molecule has 0 radical (unpaired) electrons. The minimum Gasteiger partial charge on any atom is -0.342 e. The number of amides is 1. The standard InChI is InChI=1S/C19H22N4O/c1-23-16-11-6-5-10-15(16)21-19(23)18(14-8-3-2-4-9-14)22-17(24)12-7-13-20/h2-6,8-11,18H,7,12-13,20H2,1H3,(H,22,24). The zero-order chi connectivity index (χ0) is 16.9. The molecule has 0 saturated carbocycles.